The summed E-state index contributed by atoms with van der Waals surface area (Å²) >= 11 is 10.7. The van der Waals surface area contributed by atoms with E-state index in [1.807, 2.05) is 30.3 Å². The monoisotopic (exact) mass is 647 g/mol. The molecule has 2 N–H and O–H groups in total. The van der Waals surface area contributed by atoms with E-state index in [9.17, 15) is 4.79 Å². The lowest BCUT2D eigenvalue weighted by molar-refractivity contribution is -0.122. The van der Waals surface area contributed by atoms with E-state index in [2.05, 4.69) is 77.4 Å². The van der Waals surface area contributed by atoms with Gasteiger partial charge < -0.3 is 25.0 Å². The van der Waals surface area contributed by atoms with Crippen LogP contribution in [-0.2, 0) is 17.6 Å². The number of likely N-dealkylation sites (N-methyl/N-ethyl adjacent to an activating group) is 1. The number of carbonyl (C=O) groups is 1. The van der Waals surface area contributed by atoms with Crippen molar-refractivity contribution in [1.29, 1.82) is 0 Å². The summed E-state index contributed by atoms with van der Waals surface area (Å²) in [6, 6.07) is 9.62. The lowest BCUT2D eigenvalue weighted by Gasteiger charge is -2.17. The summed E-state index contributed by atoms with van der Waals surface area (Å²) in [4.78, 5) is 14.8. The highest BCUT2D eigenvalue weighted by Crippen LogP contribution is 2.35. The van der Waals surface area contributed by atoms with Crippen molar-refractivity contribution in [2.45, 2.75) is 25.3 Å². The van der Waals surface area contributed by atoms with E-state index in [4.69, 9.17) is 9.47 Å². The van der Waals surface area contributed by atoms with Gasteiger partial charge in [-0.15, -0.1) is 0 Å². The Hall–Kier alpha value is -1.13. The van der Waals surface area contributed by atoms with Crippen LogP contribution in [0.3, 0.4) is 0 Å². The van der Waals surface area contributed by atoms with E-state index in [1.165, 1.54) is 0 Å². The number of methoxy groups -OCH3 is 1. The fraction of sp³-hybridized carbons (Fsp3) is 0.458. The number of hydrogen-bond acceptors (Lipinski definition) is 5. The van der Waals surface area contributed by atoms with Gasteiger partial charge in [0.25, 0.3) is 0 Å². The third-order valence-corrected chi connectivity index (χ3v) is 6.89. The minimum Gasteiger partial charge on any atom is -0.496 e. The maximum absolute atomic E-state index is 12.7. The molecule has 0 aliphatic heterocycles. The van der Waals surface area contributed by atoms with Crippen molar-refractivity contribution in [3.63, 3.8) is 0 Å². The first kappa shape index (κ1) is 28.1. The summed E-state index contributed by atoms with van der Waals surface area (Å²) in [5.41, 5.74) is 2.15. The van der Waals surface area contributed by atoms with Crippen LogP contribution >= 0.6 is 47.8 Å². The van der Waals surface area contributed by atoms with Crippen LogP contribution in [-0.4, -0.2) is 64.8 Å². The summed E-state index contributed by atoms with van der Waals surface area (Å²) in [6.45, 7) is 2.18. The summed E-state index contributed by atoms with van der Waals surface area (Å²) in [5, 5.41) is 6.15. The van der Waals surface area contributed by atoms with Gasteiger partial charge >= 0.3 is 0 Å². The molecule has 33 heavy (non-hydrogen) atoms. The van der Waals surface area contributed by atoms with Crippen molar-refractivity contribution in [3.8, 4) is 11.5 Å². The topological polar surface area (TPSA) is 62.8 Å². The minimum absolute atomic E-state index is 0.0246. The van der Waals surface area contributed by atoms with Crippen molar-refractivity contribution in [2.75, 3.05) is 47.9 Å². The second-order valence-corrected chi connectivity index (χ2v) is 10.5. The van der Waals surface area contributed by atoms with Gasteiger partial charge in [-0.1, -0.05) is 6.07 Å². The zero-order valence-corrected chi connectivity index (χ0v) is 24.3. The van der Waals surface area contributed by atoms with Crippen molar-refractivity contribution >= 4 is 53.7 Å². The first-order chi connectivity index (χ1) is 15.7. The maximum Gasteiger partial charge on any atom is 0.237 e. The Balaban J connectivity index is 1.87. The third kappa shape index (κ3) is 9.20. The highest BCUT2D eigenvalue weighted by Gasteiger charge is 2.17. The normalized spacial score (nSPS) is 12.0. The van der Waals surface area contributed by atoms with E-state index < -0.39 is 0 Å². The molecule has 0 saturated carbocycles. The van der Waals surface area contributed by atoms with Crippen LogP contribution in [0.1, 0.15) is 17.5 Å². The van der Waals surface area contributed by atoms with Gasteiger partial charge in [0.2, 0.25) is 5.91 Å². The van der Waals surface area contributed by atoms with E-state index >= 15 is 0 Å². The minimum atomic E-state index is -0.318. The molecule has 2 rings (SSSR count). The molecule has 0 spiro atoms. The number of benzene rings is 2. The molecule has 0 radical (unpaired) electrons. The zero-order valence-electron chi connectivity index (χ0n) is 19.5. The Bertz CT molecular complexity index is 902. The molecule has 0 bridgehead atoms. The predicted octanol–water partition coefficient (Wildman–Crippen LogP) is 4.80. The molecule has 0 aromatic heterocycles. The van der Waals surface area contributed by atoms with Gasteiger partial charge in [-0.05, 0) is 124 Å². The molecular formula is C24H32Br3N3O3. The van der Waals surface area contributed by atoms with Crippen LogP contribution in [0.2, 0.25) is 0 Å². The number of rotatable bonds is 13. The van der Waals surface area contributed by atoms with Gasteiger partial charge in [-0.25, -0.2) is 0 Å². The van der Waals surface area contributed by atoms with Crippen molar-refractivity contribution in [1.82, 2.24) is 15.5 Å². The van der Waals surface area contributed by atoms with E-state index in [-0.39, 0.29) is 11.9 Å². The Morgan fingerprint density at radius 2 is 1.73 bits per heavy atom. The largest absolute Gasteiger partial charge is 0.496 e. The van der Waals surface area contributed by atoms with Crippen molar-refractivity contribution < 1.29 is 14.3 Å². The Morgan fingerprint density at radius 3 is 2.30 bits per heavy atom. The Labute approximate surface area is 222 Å². The molecule has 0 heterocycles. The molecule has 2 aromatic carbocycles. The summed E-state index contributed by atoms with van der Waals surface area (Å²) in [7, 11) is 7.54. The highest BCUT2D eigenvalue weighted by atomic mass is 79.9. The molecule has 182 valence electrons. The van der Waals surface area contributed by atoms with E-state index in [0.29, 0.717) is 26.0 Å². The first-order valence-electron chi connectivity index (χ1n) is 10.8. The molecule has 6 nitrogen and oxygen atoms in total. The van der Waals surface area contributed by atoms with E-state index in [0.717, 1.165) is 49.0 Å². The van der Waals surface area contributed by atoms with Gasteiger partial charge in [-0.2, -0.15) is 0 Å². The molecule has 0 fully saturated rings. The van der Waals surface area contributed by atoms with Crippen LogP contribution in [0, 0.1) is 0 Å². The standard InChI is InChI=1S/C24H32Br3N3O3/c1-28-21(15-16-6-7-22(32-4)18(25)12-16)24(31)29-9-8-17-13-19(26)23(20(27)14-17)33-11-5-10-30(2)3/h6-7,12-14,21,28H,5,8-11,15H2,1-4H3,(H,29,31)/t21-/m0/s1. The van der Waals surface area contributed by atoms with Gasteiger partial charge in [0.1, 0.15) is 11.5 Å². The average Bonchev–Trinajstić information content (AvgIpc) is 2.76. The highest BCUT2D eigenvalue weighted by molar-refractivity contribution is 9.11. The average molecular weight is 650 g/mol. The molecule has 0 aliphatic carbocycles. The van der Waals surface area contributed by atoms with Crippen molar-refractivity contribution in [2.24, 2.45) is 0 Å². The van der Waals surface area contributed by atoms with Crippen LogP contribution < -0.4 is 20.1 Å². The molecule has 9 heteroatoms. The molecule has 0 unspecified atom stereocenters. The predicted molar refractivity (Wildman–Crippen MR) is 144 cm³/mol. The number of hydrogen-bond donors (Lipinski definition) is 2. The summed E-state index contributed by atoms with van der Waals surface area (Å²) in [5.74, 6) is 1.55. The second kappa shape index (κ2) is 14.3. The molecule has 0 saturated heterocycles. The fourth-order valence-electron chi connectivity index (χ4n) is 3.30. The lowest BCUT2D eigenvalue weighted by Crippen LogP contribution is -2.44. The van der Waals surface area contributed by atoms with Crippen LogP contribution in [0.4, 0.5) is 0 Å². The van der Waals surface area contributed by atoms with Gasteiger partial charge in [0.05, 0.1) is 33.2 Å². The molecule has 1 atom stereocenters. The van der Waals surface area contributed by atoms with Gasteiger partial charge in [0, 0.05) is 13.1 Å². The molecule has 2 aromatic rings. The summed E-state index contributed by atoms with van der Waals surface area (Å²) < 4.78 is 13.9. The van der Waals surface area contributed by atoms with Crippen LogP contribution in [0.5, 0.6) is 11.5 Å². The summed E-state index contributed by atoms with van der Waals surface area (Å²) in [6.07, 6.45) is 2.26. The van der Waals surface area contributed by atoms with Crippen LogP contribution in [0.15, 0.2) is 43.7 Å². The van der Waals surface area contributed by atoms with E-state index in [1.54, 1.807) is 14.2 Å². The zero-order chi connectivity index (χ0) is 24.4. The fourth-order valence-corrected chi connectivity index (χ4v) is 5.40. The first-order valence-corrected chi connectivity index (χ1v) is 13.2. The number of halogens is 3. The lowest BCUT2D eigenvalue weighted by atomic mass is 10.0. The maximum atomic E-state index is 12.7. The Kier molecular flexibility index (Phi) is 12.2. The second-order valence-electron chi connectivity index (χ2n) is 7.95. The quantitative estimate of drug-likeness (QED) is 0.306. The third-order valence-electron chi connectivity index (χ3n) is 5.09. The van der Waals surface area contributed by atoms with Gasteiger partial charge in [-0.3, -0.25) is 4.79 Å². The number of nitrogens with one attached hydrogen (secondary N) is 2. The number of ether oxygens (including phenoxy) is 2. The van der Waals surface area contributed by atoms with Gasteiger partial charge in [0.15, 0.2) is 0 Å². The molecule has 0 aliphatic rings. The number of amides is 1. The number of nitrogens with zero attached hydrogens (tertiary/aromatic N) is 1. The SMILES string of the molecule is CN[C@@H](Cc1ccc(OC)c(Br)c1)C(=O)NCCc1cc(Br)c(OCCCN(C)C)c(Br)c1. The smallest absolute Gasteiger partial charge is 0.237 e. The van der Waals surface area contributed by atoms with Crippen LogP contribution in [0.25, 0.3) is 0 Å². The van der Waals surface area contributed by atoms with Crippen molar-refractivity contribution in [3.05, 3.63) is 54.9 Å². The Morgan fingerprint density at radius 1 is 1.06 bits per heavy atom. The molecular weight excluding hydrogens is 618 g/mol. The molecule has 1 amide bonds. The number of carbonyl (C=O) groups excluding carboxylic acids is 1.